The molecule has 6 nitrogen and oxygen atoms in total. The summed E-state index contributed by atoms with van der Waals surface area (Å²) in [7, 11) is 1.41. The minimum Gasteiger partial charge on any atom is -0.460 e. The predicted molar refractivity (Wildman–Crippen MR) is 74.3 cm³/mol. The Morgan fingerprint density at radius 3 is 2.52 bits per heavy atom. The number of hydrogen-bond acceptors (Lipinski definition) is 5. The van der Waals surface area contributed by atoms with E-state index in [1.54, 1.807) is 0 Å². The van der Waals surface area contributed by atoms with Crippen LogP contribution in [0.25, 0.3) is 0 Å². The lowest BCUT2D eigenvalue weighted by Gasteiger charge is -2.06. The smallest absolute Gasteiger partial charge is 0.338 e. The lowest BCUT2D eigenvalue weighted by molar-refractivity contribution is 0.0318. The SMILES string of the molecule is CCCOCCOC(=O)c1ccc2c(c1)C(=O)N(C)C2=O. The quantitative estimate of drug-likeness (QED) is 0.451. The Hall–Kier alpha value is -2.21. The summed E-state index contributed by atoms with van der Waals surface area (Å²) in [6.07, 6.45) is 0.905. The predicted octanol–water partition coefficient (Wildman–Crippen LogP) is 1.50. The molecule has 0 atom stereocenters. The summed E-state index contributed by atoms with van der Waals surface area (Å²) >= 11 is 0. The molecule has 2 amide bonds. The van der Waals surface area contributed by atoms with Crippen molar-refractivity contribution in [2.24, 2.45) is 0 Å². The van der Waals surface area contributed by atoms with Gasteiger partial charge < -0.3 is 9.47 Å². The van der Waals surface area contributed by atoms with Gasteiger partial charge in [-0.15, -0.1) is 0 Å². The molecule has 0 aliphatic carbocycles. The first-order valence-electron chi connectivity index (χ1n) is 6.77. The number of ether oxygens (including phenoxy) is 2. The minimum absolute atomic E-state index is 0.155. The molecule has 0 bridgehead atoms. The molecule has 1 aromatic carbocycles. The monoisotopic (exact) mass is 291 g/mol. The highest BCUT2D eigenvalue weighted by Crippen LogP contribution is 2.22. The maximum atomic E-state index is 11.9. The van der Waals surface area contributed by atoms with E-state index in [-0.39, 0.29) is 23.6 Å². The number of nitrogens with zero attached hydrogens (tertiary/aromatic N) is 1. The van der Waals surface area contributed by atoms with Gasteiger partial charge in [0.25, 0.3) is 11.8 Å². The van der Waals surface area contributed by atoms with E-state index in [0.717, 1.165) is 11.3 Å². The van der Waals surface area contributed by atoms with E-state index in [2.05, 4.69) is 0 Å². The Balaban J connectivity index is 2.01. The lowest BCUT2D eigenvalue weighted by Crippen LogP contribution is -2.24. The summed E-state index contributed by atoms with van der Waals surface area (Å²) < 4.78 is 10.3. The molecule has 1 aliphatic rings. The molecule has 21 heavy (non-hydrogen) atoms. The van der Waals surface area contributed by atoms with Crippen LogP contribution in [0.1, 0.15) is 44.4 Å². The molecule has 0 radical (unpaired) electrons. The second-order valence-corrected chi connectivity index (χ2v) is 4.68. The Labute approximate surface area is 122 Å². The van der Waals surface area contributed by atoms with Crippen LogP contribution in [0.15, 0.2) is 18.2 Å². The fraction of sp³-hybridized carbons (Fsp3) is 0.400. The van der Waals surface area contributed by atoms with Crippen molar-refractivity contribution in [2.45, 2.75) is 13.3 Å². The van der Waals surface area contributed by atoms with Gasteiger partial charge in [-0.25, -0.2) is 4.79 Å². The van der Waals surface area contributed by atoms with Crippen LogP contribution in [0.2, 0.25) is 0 Å². The van der Waals surface area contributed by atoms with Crippen molar-refractivity contribution in [3.05, 3.63) is 34.9 Å². The van der Waals surface area contributed by atoms with Crippen LogP contribution in [0.5, 0.6) is 0 Å². The van der Waals surface area contributed by atoms with Crippen LogP contribution in [0, 0.1) is 0 Å². The average Bonchev–Trinajstić information content (AvgIpc) is 2.71. The van der Waals surface area contributed by atoms with Crippen molar-refractivity contribution in [2.75, 3.05) is 26.9 Å². The van der Waals surface area contributed by atoms with E-state index in [9.17, 15) is 14.4 Å². The van der Waals surface area contributed by atoms with Crippen LogP contribution < -0.4 is 0 Å². The molecule has 0 aromatic heterocycles. The highest BCUT2D eigenvalue weighted by atomic mass is 16.6. The third-order valence-electron chi connectivity index (χ3n) is 3.13. The first-order valence-corrected chi connectivity index (χ1v) is 6.77. The van der Waals surface area contributed by atoms with E-state index in [0.29, 0.717) is 18.8 Å². The van der Waals surface area contributed by atoms with Gasteiger partial charge in [-0.1, -0.05) is 6.92 Å². The number of hydrogen-bond donors (Lipinski definition) is 0. The Morgan fingerprint density at radius 1 is 1.10 bits per heavy atom. The van der Waals surface area contributed by atoms with Gasteiger partial charge in [0.15, 0.2) is 0 Å². The maximum Gasteiger partial charge on any atom is 0.338 e. The molecule has 6 heteroatoms. The van der Waals surface area contributed by atoms with E-state index in [1.807, 2.05) is 6.92 Å². The first-order chi connectivity index (χ1) is 10.1. The lowest BCUT2D eigenvalue weighted by atomic mass is 10.1. The van der Waals surface area contributed by atoms with Gasteiger partial charge in [-0.3, -0.25) is 14.5 Å². The summed E-state index contributed by atoms with van der Waals surface area (Å²) in [6.45, 7) is 3.11. The van der Waals surface area contributed by atoms with Crippen molar-refractivity contribution in [1.29, 1.82) is 0 Å². The zero-order valence-corrected chi connectivity index (χ0v) is 12.0. The van der Waals surface area contributed by atoms with Crippen LogP contribution in [0.4, 0.5) is 0 Å². The normalized spacial score (nSPS) is 13.5. The van der Waals surface area contributed by atoms with Gasteiger partial charge in [0.05, 0.1) is 23.3 Å². The maximum absolute atomic E-state index is 11.9. The van der Waals surface area contributed by atoms with E-state index < -0.39 is 11.9 Å². The fourth-order valence-corrected chi connectivity index (χ4v) is 2.01. The number of amides is 2. The third kappa shape index (κ3) is 3.11. The molecular weight excluding hydrogens is 274 g/mol. The Morgan fingerprint density at radius 2 is 1.81 bits per heavy atom. The Kier molecular flexibility index (Phi) is 4.70. The highest BCUT2D eigenvalue weighted by molar-refractivity contribution is 6.21. The van der Waals surface area contributed by atoms with E-state index in [4.69, 9.17) is 9.47 Å². The number of esters is 1. The van der Waals surface area contributed by atoms with Gasteiger partial charge in [0.1, 0.15) is 6.61 Å². The molecule has 0 unspecified atom stereocenters. The number of rotatable bonds is 6. The summed E-state index contributed by atoms with van der Waals surface area (Å²) in [5.41, 5.74) is 0.796. The summed E-state index contributed by atoms with van der Waals surface area (Å²) in [5.74, 6) is -1.30. The van der Waals surface area contributed by atoms with Crippen molar-refractivity contribution >= 4 is 17.8 Å². The second kappa shape index (κ2) is 6.49. The number of imide groups is 1. The molecule has 2 rings (SSSR count). The Bertz CT molecular complexity index is 581. The molecule has 1 heterocycles. The van der Waals surface area contributed by atoms with Gasteiger partial charge in [0.2, 0.25) is 0 Å². The van der Waals surface area contributed by atoms with Gasteiger partial charge in [-0.05, 0) is 24.6 Å². The molecule has 1 aromatic rings. The molecule has 0 N–H and O–H groups in total. The average molecular weight is 291 g/mol. The van der Waals surface area contributed by atoms with Crippen LogP contribution >= 0.6 is 0 Å². The van der Waals surface area contributed by atoms with E-state index >= 15 is 0 Å². The van der Waals surface area contributed by atoms with Gasteiger partial charge in [-0.2, -0.15) is 0 Å². The molecule has 112 valence electrons. The topological polar surface area (TPSA) is 72.9 Å². The third-order valence-corrected chi connectivity index (χ3v) is 3.13. The molecule has 0 fully saturated rings. The summed E-state index contributed by atoms with van der Waals surface area (Å²) in [4.78, 5) is 36.5. The van der Waals surface area contributed by atoms with Crippen LogP contribution in [-0.4, -0.2) is 49.6 Å². The first kappa shape index (κ1) is 15.2. The zero-order chi connectivity index (χ0) is 15.4. The minimum atomic E-state index is -0.535. The van der Waals surface area contributed by atoms with Crippen molar-refractivity contribution < 1.29 is 23.9 Å². The van der Waals surface area contributed by atoms with Crippen molar-refractivity contribution in [3.63, 3.8) is 0 Å². The van der Waals surface area contributed by atoms with Crippen molar-refractivity contribution in [1.82, 2.24) is 4.90 Å². The van der Waals surface area contributed by atoms with E-state index in [1.165, 1.54) is 25.2 Å². The summed E-state index contributed by atoms with van der Waals surface area (Å²) in [6, 6.07) is 4.36. The second-order valence-electron chi connectivity index (χ2n) is 4.68. The van der Waals surface area contributed by atoms with Gasteiger partial charge >= 0.3 is 5.97 Å². The largest absolute Gasteiger partial charge is 0.460 e. The molecule has 0 spiro atoms. The fourth-order valence-electron chi connectivity index (χ4n) is 2.01. The molecular formula is C15H17NO5. The van der Waals surface area contributed by atoms with Gasteiger partial charge in [0, 0.05) is 13.7 Å². The number of carbonyl (C=O) groups excluding carboxylic acids is 3. The number of fused-ring (bicyclic) bond motifs is 1. The summed E-state index contributed by atoms with van der Waals surface area (Å²) in [5, 5.41) is 0. The standard InChI is InChI=1S/C15H17NO5/c1-3-6-20-7-8-21-15(19)10-4-5-11-12(9-10)14(18)16(2)13(11)17/h4-5,9H,3,6-8H2,1-2H3. The molecule has 0 saturated carbocycles. The number of benzene rings is 1. The van der Waals surface area contributed by atoms with Crippen LogP contribution in [-0.2, 0) is 9.47 Å². The zero-order valence-electron chi connectivity index (χ0n) is 12.0. The van der Waals surface area contributed by atoms with Crippen molar-refractivity contribution in [3.8, 4) is 0 Å². The van der Waals surface area contributed by atoms with Crippen LogP contribution in [0.3, 0.4) is 0 Å². The highest BCUT2D eigenvalue weighted by Gasteiger charge is 2.33. The number of carbonyl (C=O) groups is 3. The molecule has 0 saturated heterocycles. The molecule has 1 aliphatic heterocycles.